The predicted octanol–water partition coefficient (Wildman–Crippen LogP) is 3.99. The van der Waals surface area contributed by atoms with Gasteiger partial charge in [-0.2, -0.15) is 0 Å². The van der Waals surface area contributed by atoms with Crippen LogP contribution in [0.3, 0.4) is 0 Å². The summed E-state index contributed by atoms with van der Waals surface area (Å²) in [6, 6.07) is 0. The average Bonchev–Trinajstić information content (AvgIpc) is 2.16. The highest BCUT2D eigenvalue weighted by Crippen LogP contribution is 2.49. The van der Waals surface area contributed by atoms with Crippen molar-refractivity contribution in [1.82, 2.24) is 0 Å². The van der Waals surface area contributed by atoms with Gasteiger partial charge >= 0.3 is 0 Å². The number of hydrogen-bond donors (Lipinski definition) is 0. The van der Waals surface area contributed by atoms with Crippen molar-refractivity contribution in [2.45, 2.75) is 71.0 Å². The zero-order valence-electron chi connectivity index (χ0n) is 9.85. The van der Waals surface area contributed by atoms with Gasteiger partial charge in [-0.05, 0) is 26.2 Å². The van der Waals surface area contributed by atoms with E-state index in [0.29, 0.717) is 17.6 Å². The molecule has 4 atom stereocenters. The van der Waals surface area contributed by atoms with Crippen molar-refractivity contribution >= 4 is 11.6 Å². The summed E-state index contributed by atoms with van der Waals surface area (Å²) in [5.74, 6) is 0. The third kappa shape index (κ3) is 2.25. The van der Waals surface area contributed by atoms with Gasteiger partial charge in [-0.1, -0.05) is 27.2 Å². The molecule has 1 nitrogen and oxygen atoms in total. The van der Waals surface area contributed by atoms with Crippen LogP contribution in [0.4, 0.5) is 0 Å². The summed E-state index contributed by atoms with van der Waals surface area (Å²) in [5, 5.41) is 0.311. The lowest BCUT2D eigenvalue weighted by Crippen LogP contribution is -2.54. The fourth-order valence-electron chi connectivity index (χ4n) is 2.18. The largest absolute Gasteiger partial charge is 0.375 e. The van der Waals surface area contributed by atoms with E-state index in [4.69, 9.17) is 16.3 Å². The van der Waals surface area contributed by atoms with Crippen molar-refractivity contribution in [3.05, 3.63) is 0 Å². The molecule has 0 spiro atoms. The van der Waals surface area contributed by atoms with Crippen molar-refractivity contribution in [3.63, 3.8) is 0 Å². The molecule has 0 aromatic heterocycles. The van der Waals surface area contributed by atoms with Crippen LogP contribution in [0.5, 0.6) is 0 Å². The number of halogens is 1. The maximum Gasteiger partial charge on any atom is 0.0660 e. The SMILES string of the molecule is CCCC(C)OC1CC(Cl)C1(C)CC. The number of hydrogen-bond acceptors (Lipinski definition) is 1. The molecule has 0 aromatic rings. The van der Waals surface area contributed by atoms with Gasteiger partial charge in [0.1, 0.15) is 0 Å². The highest BCUT2D eigenvalue weighted by molar-refractivity contribution is 6.21. The Morgan fingerprint density at radius 1 is 1.50 bits per heavy atom. The average molecular weight is 219 g/mol. The lowest BCUT2D eigenvalue weighted by molar-refractivity contribution is -0.130. The molecule has 14 heavy (non-hydrogen) atoms. The van der Waals surface area contributed by atoms with Gasteiger partial charge in [-0.25, -0.2) is 0 Å². The Balaban J connectivity index is 2.40. The molecule has 84 valence electrons. The maximum atomic E-state index is 6.23. The molecule has 2 heteroatoms. The third-order valence-electron chi connectivity index (χ3n) is 3.73. The van der Waals surface area contributed by atoms with Gasteiger partial charge < -0.3 is 4.74 Å². The van der Waals surface area contributed by atoms with Crippen molar-refractivity contribution in [2.24, 2.45) is 5.41 Å². The second-order valence-corrected chi connectivity index (χ2v) is 5.31. The van der Waals surface area contributed by atoms with E-state index in [0.717, 1.165) is 19.3 Å². The van der Waals surface area contributed by atoms with E-state index in [9.17, 15) is 0 Å². The van der Waals surface area contributed by atoms with Gasteiger partial charge in [0, 0.05) is 10.8 Å². The summed E-state index contributed by atoms with van der Waals surface area (Å²) in [5.41, 5.74) is 0.212. The fraction of sp³-hybridized carbons (Fsp3) is 1.00. The topological polar surface area (TPSA) is 9.23 Å². The number of alkyl halides is 1. The van der Waals surface area contributed by atoms with Crippen molar-refractivity contribution in [1.29, 1.82) is 0 Å². The van der Waals surface area contributed by atoms with Gasteiger partial charge in [0.15, 0.2) is 0 Å². The molecule has 1 rings (SSSR count). The second-order valence-electron chi connectivity index (χ2n) is 4.79. The molecule has 0 radical (unpaired) electrons. The molecule has 0 saturated heterocycles. The predicted molar refractivity (Wildman–Crippen MR) is 61.9 cm³/mol. The number of rotatable bonds is 5. The van der Waals surface area contributed by atoms with Crippen molar-refractivity contribution in [3.8, 4) is 0 Å². The highest BCUT2D eigenvalue weighted by atomic mass is 35.5. The molecule has 4 unspecified atom stereocenters. The zero-order chi connectivity index (χ0) is 10.8. The molecule has 1 aliphatic rings. The molecule has 1 saturated carbocycles. The minimum atomic E-state index is 0.212. The zero-order valence-corrected chi connectivity index (χ0v) is 10.6. The highest BCUT2D eigenvalue weighted by Gasteiger charge is 2.50. The summed E-state index contributed by atoms with van der Waals surface area (Å²) in [6.07, 6.45) is 5.27. The lowest BCUT2D eigenvalue weighted by Gasteiger charge is -2.51. The monoisotopic (exact) mass is 218 g/mol. The first kappa shape index (κ1) is 12.3. The first-order valence-electron chi connectivity index (χ1n) is 5.84. The number of ether oxygens (including phenoxy) is 1. The van der Waals surface area contributed by atoms with Crippen LogP contribution in [0.25, 0.3) is 0 Å². The molecular weight excluding hydrogens is 196 g/mol. The minimum Gasteiger partial charge on any atom is -0.375 e. The quantitative estimate of drug-likeness (QED) is 0.635. The van der Waals surface area contributed by atoms with E-state index in [1.165, 1.54) is 6.42 Å². The van der Waals surface area contributed by atoms with Crippen LogP contribution in [0, 0.1) is 5.41 Å². The third-order valence-corrected chi connectivity index (χ3v) is 4.40. The van der Waals surface area contributed by atoms with Gasteiger partial charge in [0.25, 0.3) is 0 Å². The minimum absolute atomic E-state index is 0.212. The fourth-order valence-corrected chi connectivity index (χ4v) is 2.64. The Labute approximate surface area is 93.2 Å². The Kier molecular flexibility index (Phi) is 4.27. The standard InChI is InChI=1S/C12H23ClO/c1-5-7-9(3)14-11-8-10(13)12(11,4)6-2/h9-11H,5-8H2,1-4H3. The van der Waals surface area contributed by atoms with E-state index in [1.807, 2.05) is 0 Å². The van der Waals surface area contributed by atoms with Gasteiger partial charge in [-0.15, -0.1) is 11.6 Å². The van der Waals surface area contributed by atoms with E-state index in [1.54, 1.807) is 0 Å². The molecular formula is C12H23ClO. The van der Waals surface area contributed by atoms with Gasteiger partial charge in [-0.3, -0.25) is 0 Å². The molecule has 0 amide bonds. The summed E-state index contributed by atoms with van der Waals surface area (Å²) >= 11 is 6.23. The van der Waals surface area contributed by atoms with Crippen LogP contribution in [0.2, 0.25) is 0 Å². The second kappa shape index (κ2) is 4.85. The molecule has 1 aliphatic carbocycles. The Morgan fingerprint density at radius 3 is 2.57 bits per heavy atom. The summed E-state index contributed by atoms with van der Waals surface area (Å²) in [6.45, 7) is 8.82. The molecule has 0 heterocycles. The van der Waals surface area contributed by atoms with E-state index in [2.05, 4.69) is 27.7 Å². The van der Waals surface area contributed by atoms with Crippen LogP contribution in [0.1, 0.15) is 53.4 Å². The Hall–Kier alpha value is 0.250. The van der Waals surface area contributed by atoms with Crippen LogP contribution < -0.4 is 0 Å². The molecule has 1 fully saturated rings. The van der Waals surface area contributed by atoms with Crippen LogP contribution in [0.15, 0.2) is 0 Å². The Bertz CT molecular complexity index is 183. The molecule has 0 aliphatic heterocycles. The first-order valence-corrected chi connectivity index (χ1v) is 6.27. The summed E-state index contributed by atoms with van der Waals surface area (Å²) in [4.78, 5) is 0. The Morgan fingerprint density at radius 2 is 2.14 bits per heavy atom. The lowest BCUT2D eigenvalue weighted by atomic mass is 9.65. The molecule has 0 N–H and O–H groups in total. The van der Waals surface area contributed by atoms with Gasteiger partial charge in [0.05, 0.1) is 12.2 Å². The van der Waals surface area contributed by atoms with Crippen LogP contribution >= 0.6 is 11.6 Å². The van der Waals surface area contributed by atoms with Crippen LogP contribution in [-0.4, -0.2) is 17.6 Å². The summed E-state index contributed by atoms with van der Waals surface area (Å²) < 4.78 is 6.02. The molecule has 0 bridgehead atoms. The first-order chi connectivity index (χ1) is 6.54. The van der Waals surface area contributed by atoms with Gasteiger partial charge in [0.2, 0.25) is 0 Å². The normalized spacial score (nSPS) is 39.2. The van der Waals surface area contributed by atoms with Crippen molar-refractivity contribution in [2.75, 3.05) is 0 Å². The summed E-state index contributed by atoms with van der Waals surface area (Å²) in [7, 11) is 0. The van der Waals surface area contributed by atoms with E-state index < -0.39 is 0 Å². The van der Waals surface area contributed by atoms with E-state index >= 15 is 0 Å². The van der Waals surface area contributed by atoms with Crippen LogP contribution in [-0.2, 0) is 4.74 Å². The van der Waals surface area contributed by atoms with E-state index in [-0.39, 0.29) is 5.41 Å². The maximum absolute atomic E-state index is 6.23. The van der Waals surface area contributed by atoms with Crippen molar-refractivity contribution < 1.29 is 4.74 Å². The smallest absolute Gasteiger partial charge is 0.0660 e. The molecule has 0 aromatic carbocycles.